The number of hydrogen-bond acceptors (Lipinski definition) is 2. The van der Waals surface area contributed by atoms with Gasteiger partial charge in [0.1, 0.15) is 23.3 Å². The zero-order valence-corrected chi connectivity index (χ0v) is 6.41. The minimum absolute atomic E-state index is 0.999. The SMILES string of the molecule is N#Cc1c(F)c(F)c(F)c(C#N)c1F. The van der Waals surface area contributed by atoms with Gasteiger partial charge in [0, 0.05) is 0 Å². The third kappa shape index (κ3) is 1.17. The summed E-state index contributed by atoms with van der Waals surface area (Å²) >= 11 is 0. The smallest absolute Gasteiger partial charge is 0.197 e. The molecule has 6 heteroatoms. The van der Waals surface area contributed by atoms with Gasteiger partial charge in [0.2, 0.25) is 0 Å². The van der Waals surface area contributed by atoms with Gasteiger partial charge in [0.25, 0.3) is 0 Å². The highest BCUT2D eigenvalue weighted by Gasteiger charge is 2.24. The maximum atomic E-state index is 12.9. The molecule has 0 spiro atoms. The Balaban J connectivity index is 3.78. The van der Waals surface area contributed by atoms with Crippen LogP contribution in [0.5, 0.6) is 0 Å². The van der Waals surface area contributed by atoms with Crippen molar-refractivity contribution in [2.24, 2.45) is 0 Å². The van der Waals surface area contributed by atoms with Crippen LogP contribution in [0.2, 0.25) is 0 Å². The molecule has 70 valence electrons. The number of nitriles is 2. The van der Waals surface area contributed by atoms with Gasteiger partial charge in [0.15, 0.2) is 23.3 Å². The lowest BCUT2D eigenvalue weighted by molar-refractivity contribution is 0.429. The van der Waals surface area contributed by atoms with E-state index in [2.05, 4.69) is 0 Å². The van der Waals surface area contributed by atoms with E-state index < -0.39 is 34.4 Å². The van der Waals surface area contributed by atoms with Crippen LogP contribution in [-0.4, -0.2) is 0 Å². The van der Waals surface area contributed by atoms with E-state index in [-0.39, 0.29) is 0 Å². The Bertz CT molecular complexity index is 441. The summed E-state index contributed by atoms with van der Waals surface area (Å²) in [4.78, 5) is 0. The molecule has 0 bridgehead atoms. The first kappa shape index (κ1) is 10.0. The summed E-state index contributed by atoms with van der Waals surface area (Å²) in [5.41, 5.74) is -2.61. The molecule has 0 unspecified atom stereocenters. The Morgan fingerprint density at radius 1 is 0.643 bits per heavy atom. The minimum atomic E-state index is -2.03. The molecule has 0 aliphatic heterocycles. The Morgan fingerprint density at radius 2 is 1.00 bits per heavy atom. The van der Waals surface area contributed by atoms with Gasteiger partial charge in [-0.05, 0) is 0 Å². The van der Waals surface area contributed by atoms with Gasteiger partial charge < -0.3 is 0 Å². The van der Waals surface area contributed by atoms with Crippen LogP contribution in [-0.2, 0) is 0 Å². The van der Waals surface area contributed by atoms with Crippen molar-refractivity contribution in [3.05, 3.63) is 34.4 Å². The summed E-state index contributed by atoms with van der Waals surface area (Å²) in [5, 5.41) is 16.4. The van der Waals surface area contributed by atoms with Crippen LogP contribution >= 0.6 is 0 Å². The topological polar surface area (TPSA) is 47.6 Å². The van der Waals surface area contributed by atoms with Crippen LogP contribution in [0.15, 0.2) is 0 Å². The van der Waals surface area contributed by atoms with Gasteiger partial charge >= 0.3 is 0 Å². The van der Waals surface area contributed by atoms with Crippen molar-refractivity contribution >= 4 is 0 Å². The van der Waals surface area contributed by atoms with E-state index in [1.807, 2.05) is 0 Å². The summed E-state index contributed by atoms with van der Waals surface area (Å²) in [7, 11) is 0. The first-order valence-electron chi connectivity index (χ1n) is 3.20. The van der Waals surface area contributed by atoms with Gasteiger partial charge in [-0.25, -0.2) is 17.6 Å². The first-order chi connectivity index (χ1) is 6.54. The molecular weight excluding hydrogens is 200 g/mol. The Labute approximate surface area is 75.6 Å². The molecule has 0 heterocycles. The van der Waals surface area contributed by atoms with Crippen molar-refractivity contribution in [2.75, 3.05) is 0 Å². The van der Waals surface area contributed by atoms with E-state index in [0.29, 0.717) is 0 Å². The van der Waals surface area contributed by atoms with E-state index in [4.69, 9.17) is 10.5 Å². The monoisotopic (exact) mass is 200 g/mol. The van der Waals surface area contributed by atoms with Crippen LogP contribution in [0.4, 0.5) is 17.6 Å². The van der Waals surface area contributed by atoms with E-state index in [1.165, 1.54) is 0 Å². The van der Waals surface area contributed by atoms with E-state index in [9.17, 15) is 17.6 Å². The van der Waals surface area contributed by atoms with Crippen LogP contribution < -0.4 is 0 Å². The second-order valence-electron chi connectivity index (χ2n) is 2.23. The maximum Gasteiger partial charge on any atom is 0.197 e. The fourth-order valence-electron chi connectivity index (χ4n) is 0.830. The zero-order valence-electron chi connectivity index (χ0n) is 6.41. The molecule has 0 aromatic heterocycles. The number of benzene rings is 1. The van der Waals surface area contributed by atoms with Crippen LogP contribution in [0.3, 0.4) is 0 Å². The van der Waals surface area contributed by atoms with Crippen molar-refractivity contribution in [1.29, 1.82) is 10.5 Å². The molecule has 0 fully saturated rings. The summed E-state index contributed by atoms with van der Waals surface area (Å²) in [6, 6.07) is 2.00. The van der Waals surface area contributed by atoms with Gasteiger partial charge in [-0.2, -0.15) is 10.5 Å². The molecule has 0 aliphatic rings. The highest BCUT2D eigenvalue weighted by atomic mass is 19.2. The average Bonchev–Trinajstić information content (AvgIpc) is 2.16. The fraction of sp³-hybridized carbons (Fsp3) is 0. The Hall–Kier alpha value is -2.08. The van der Waals surface area contributed by atoms with Gasteiger partial charge in [-0.15, -0.1) is 0 Å². The molecule has 2 nitrogen and oxygen atoms in total. The molecular formula is C8F4N2. The van der Waals surface area contributed by atoms with Crippen molar-refractivity contribution in [3.63, 3.8) is 0 Å². The number of rotatable bonds is 0. The summed E-state index contributed by atoms with van der Waals surface area (Å²) in [5.74, 6) is -7.58. The normalized spacial score (nSPS) is 9.29. The summed E-state index contributed by atoms with van der Waals surface area (Å²) in [6.07, 6.45) is 0. The van der Waals surface area contributed by atoms with Crippen molar-refractivity contribution in [3.8, 4) is 12.1 Å². The van der Waals surface area contributed by atoms with Crippen molar-refractivity contribution < 1.29 is 17.6 Å². The average molecular weight is 200 g/mol. The van der Waals surface area contributed by atoms with Gasteiger partial charge in [0.05, 0.1) is 0 Å². The molecule has 1 aromatic rings. The molecule has 1 rings (SSSR count). The lowest BCUT2D eigenvalue weighted by Gasteiger charge is -2.01. The van der Waals surface area contributed by atoms with E-state index in [1.54, 1.807) is 0 Å². The van der Waals surface area contributed by atoms with Crippen LogP contribution in [0.25, 0.3) is 0 Å². The third-order valence-electron chi connectivity index (χ3n) is 1.49. The fourth-order valence-corrected chi connectivity index (χ4v) is 0.830. The van der Waals surface area contributed by atoms with Gasteiger partial charge in [-0.3, -0.25) is 0 Å². The number of halogens is 4. The van der Waals surface area contributed by atoms with E-state index in [0.717, 1.165) is 12.1 Å². The predicted octanol–water partition coefficient (Wildman–Crippen LogP) is 1.99. The molecule has 0 N–H and O–H groups in total. The molecule has 0 aliphatic carbocycles. The second-order valence-corrected chi connectivity index (χ2v) is 2.23. The summed E-state index contributed by atoms with van der Waals surface area (Å²) < 4.78 is 50.8. The molecule has 0 amide bonds. The molecule has 0 saturated heterocycles. The van der Waals surface area contributed by atoms with Crippen LogP contribution in [0.1, 0.15) is 11.1 Å². The van der Waals surface area contributed by atoms with Crippen molar-refractivity contribution in [1.82, 2.24) is 0 Å². The minimum Gasteiger partial charge on any atom is -0.204 e. The van der Waals surface area contributed by atoms with Crippen LogP contribution in [0, 0.1) is 45.9 Å². The Kier molecular flexibility index (Phi) is 2.39. The highest BCUT2D eigenvalue weighted by molar-refractivity contribution is 5.43. The largest absolute Gasteiger partial charge is 0.204 e. The summed E-state index contributed by atoms with van der Waals surface area (Å²) in [6.45, 7) is 0. The highest BCUT2D eigenvalue weighted by Crippen LogP contribution is 2.22. The molecule has 0 saturated carbocycles. The van der Waals surface area contributed by atoms with Gasteiger partial charge in [-0.1, -0.05) is 0 Å². The predicted molar refractivity (Wildman–Crippen MR) is 35.7 cm³/mol. The van der Waals surface area contributed by atoms with Crippen molar-refractivity contribution in [2.45, 2.75) is 0 Å². The number of hydrogen-bond donors (Lipinski definition) is 0. The zero-order chi connectivity index (χ0) is 10.9. The molecule has 1 aromatic carbocycles. The Morgan fingerprint density at radius 3 is 1.29 bits per heavy atom. The standard InChI is InChI=1S/C8F4N2/c9-5-3(1-13)6(10)8(12)7(11)4(5)2-14. The second kappa shape index (κ2) is 3.35. The molecule has 14 heavy (non-hydrogen) atoms. The maximum absolute atomic E-state index is 12.9. The lowest BCUT2D eigenvalue weighted by atomic mass is 10.1. The third-order valence-corrected chi connectivity index (χ3v) is 1.49. The lowest BCUT2D eigenvalue weighted by Crippen LogP contribution is -2.04. The number of nitrogens with zero attached hydrogens (tertiary/aromatic N) is 2. The van der Waals surface area contributed by atoms with E-state index >= 15 is 0 Å². The quantitative estimate of drug-likeness (QED) is 0.365. The first-order valence-corrected chi connectivity index (χ1v) is 3.20. The molecule has 0 radical (unpaired) electrons. The molecule has 0 atom stereocenters.